The standard InChI is InChI=1S/C14H15N5O7/c1-17-12(11(6-15-17)19(25)26)14(22)16-10(7-20)13(21)8-2-4-9(5-3-8)18(23)24/h2-6,10,13,20-21H,7H2,1H3,(H,16,22)/t10-,13-/m1/s1. The van der Waals surface area contributed by atoms with Crippen LogP contribution in [0, 0.1) is 20.2 Å². The van der Waals surface area contributed by atoms with Crippen LogP contribution in [0.1, 0.15) is 22.2 Å². The molecule has 0 bridgehead atoms. The fourth-order valence-corrected chi connectivity index (χ4v) is 2.31. The zero-order chi connectivity index (χ0) is 19.4. The van der Waals surface area contributed by atoms with Gasteiger partial charge < -0.3 is 15.5 Å². The molecule has 0 aliphatic rings. The summed E-state index contributed by atoms with van der Waals surface area (Å²) in [6.07, 6.45) is -0.479. The van der Waals surface area contributed by atoms with Crippen LogP contribution in [0.25, 0.3) is 0 Å². The summed E-state index contributed by atoms with van der Waals surface area (Å²) in [5.41, 5.74) is -0.832. The van der Waals surface area contributed by atoms with E-state index in [-0.39, 0.29) is 16.9 Å². The molecule has 1 heterocycles. The molecule has 0 unspecified atom stereocenters. The van der Waals surface area contributed by atoms with Gasteiger partial charge in [-0.3, -0.25) is 29.7 Å². The molecule has 1 amide bonds. The van der Waals surface area contributed by atoms with Gasteiger partial charge in [0.2, 0.25) is 5.69 Å². The second kappa shape index (κ2) is 7.67. The normalized spacial score (nSPS) is 13.0. The average Bonchev–Trinajstić information content (AvgIpc) is 3.01. The number of nitro benzene ring substituents is 1. The van der Waals surface area contributed by atoms with Crippen molar-refractivity contribution in [3.8, 4) is 0 Å². The van der Waals surface area contributed by atoms with Crippen LogP contribution in [0.15, 0.2) is 30.5 Å². The highest BCUT2D eigenvalue weighted by atomic mass is 16.6. The minimum atomic E-state index is -1.39. The predicted molar refractivity (Wildman–Crippen MR) is 86.3 cm³/mol. The van der Waals surface area contributed by atoms with Crippen molar-refractivity contribution < 1.29 is 24.9 Å². The molecule has 0 aliphatic carbocycles. The van der Waals surface area contributed by atoms with Crippen molar-refractivity contribution >= 4 is 17.3 Å². The molecule has 138 valence electrons. The van der Waals surface area contributed by atoms with E-state index in [0.29, 0.717) is 0 Å². The summed E-state index contributed by atoms with van der Waals surface area (Å²) < 4.78 is 1.00. The van der Waals surface area contributed by atoms with Crippen LogP contribution in [-0.2, 0) is 7.05 Å². The number of aliphatic hydroxyl groups is 2. The molecule has 0 aliphatic heterocycles. The molecule has 0 radical (unpaired) electrons. The maximum absolute atomic E-state index is 12.3. The van der Waals surface area contributed by atoms with Crippen molar-refractivity contribution in [3.63, 3.8) is 0 Å². The van der Waals surface area contributed by atoms with Gasteiger partial charge in [-0.2, -0.15) is 5.10 Å². The van der Waals surface area contributed by atoms with E-state index in [0.717, 1.165) is 10.9 Å². The minimum absolute atomic E-state index is 0.184. The third-order valence-electron chi connectivity index (χ3n) is 3.67. The summed E-state index contributed by atoms with van der Waals surface area (Å²) in [6.45, 7) is -0.671. The number of benzene rings is 1. The Morgan fingerprint density at radius 2 is 1.88 bits per heavy atom. The molecule has 2 rings (SSSR count). The van der Waals surface area contributed by atoms with Crippen LogP contribution >= 0.6 is 0 Å². The first-order chi connectivity index (χ1) is 12.3. The molecule has 1 aromatic carbocycles. The molecule has 0 fully saturated rings. The number of non-ortho nitro benzene ring substituents is 1. The van der Waals surface area contributed by atoms with Crippen LogP contribution in [-0.4, -0.2) is 48.4 Å². The summed E-state index contributed by atoms with van der Waals surface area (Å²) in [5.74, 6) is -0.906. The van der Waals surface area contributed by atoms with Crippen LogP contribution in [0.4, 0.5) is 11.4 Å². The number of carbonyl (C=O) groups excluding carboxylic acids is 1. The molecule has 2 atom stereocenters. The Labute approximate surface area is 146 Å². The van der Waals surface area contributed by atoms with Gasteiger partial charge in [-0.1, -0.05) is 0 Å². The second-order valence-corrected chi connectivity index (χ2v) is 5.32. The van der Waals surface area contributed by atoms with Gasteiger partial charge in [0, 0.05) is 19.2 Å². The van der Waals surface area contributed by atoms with E-state index in [1.165, 1.54) is 31.3 Å². The number of amides is 1. The first kappa shape index (κ1) is 19.0. The molecule has 0 spiro atoms. The van der Waals surface area contributed by atoms with Crippen molar-refractivity contribution in [2.45, 2.75) is 12.1 Å². The van der Waals surface area contributed by atoms with Crippen molar-refractivity contribution in [3.05, 3.63) is 61.9 Å². The maximum Gasteiger partial charge on any atom is 0.320 e. The van der Waals surface area contributed by atoms with Crippen LogP contribution in [0.3, 0.4) is 0 Å². The van der Waals surface area contributed by atoms with Gasteiger partial charge in [0.1, 0.15) is 12.3 Å². The number of nitrogens with one attached hydrogen (secondary N) is 1. The smallest absolute Gasteiger partial charge is 0.320 e. The fraction of sp³-hybridized carbons (Fsp3) is 0.286. The SMILES string of the molecule is Cn1ncc([N+](=O)[O-])c1C(=O)N[C@H](CO)[C@H](O)c1ccc([N+](=O)[O-])cc1. The van der Waals surface area contributed by atoms with Crippen LogP contribution < -0.4 is 5.32 Å². The first-order valence-corrected chi connectivity index (χ1v) is 7.26. The monoisotopic (exact) mass is 365 g/mol. The molecule has 12 nitrogen and oxygen atoms in total. The van der Waals surface area contributed by atoms with Crippen molar-refractivity contribution in [1.82, 2.24) is 15.1 Å². The Morgan fingerprint density at radius 3 is 2.38 bits per heavy atom. The Balaban J connectivity index is 2.20. The Bertz CT molecular complexity index is 833. The summed E-state index contributed by atoms with van der Waals surface area (Å²) in [6, 6.07) is 3.70. The van der Waals surface area contributed by atoms with E-state index in [2.05, 4.69) is 10.4 Å². The van der Waals surface area contributed by atoms with Gasteiger partial charge >= 0.3 is 5.69 Å². The molecule has 3 N–H and O–H groups in total. The molecular formula is C14H15N5O7. The third-order valence-corrected chi connectivity index (χ3v) is 3.67. The van der Waals surface area contributed by atoms with Gasteiger partial charge in [0.05, 0.1) is 22.5 Å². The topological polar surface area (TPSA) is 174 Å². The number of aryl methyl sites for hydroxylation is 1. The summed E-state index contributed by atoms with van der Waals surface area (Å²) in [7, 11) is 1.34. The molecule has 1 aromatic heterocycles. The third kappa shape index (κ3) is 3.81. The summed E-state index contributed by atoms with van der Waals surface area (Å²) in [4.78, 5) is 32.5. The summed E-state index contributed by atoms with van der Waals surface area (Å²) >= 11 is 0. The van der Waals surface area contributed by atoms with Gasteiger partial charge in [-0.25, -0.2) is 0 Å². The van der Waals surface area contributed by atoms with E-state index >= 15 is 0 Å². The van der Waals surface area contributed by atoms with Crippen molar-refractivity contribution in [2.24, 2.45) is 7.05 Å². The number of hydrogen-bond acceptors (Lipinski definition) is 8. The van der Waals surface area contributed by atoms with E-state index in [1.54, 1.807) is 0 Å². The lowest BCUT2D eigenvalue weighted by Gasteiger charge is -2.22. The van der Waals surface area contributed by atoms with Gasteiger partial charge in [0.15, 0.2) is 0 Å². The lowest BCUT2D eigenvalue weighted by Crippen LogP contribution is -2.42. The van der Waals surface area contributed by atoms with Gasteiger partial charge in [0.25, 0.3) is 11.6 Å². The van der Waals surface area contributed by atoms with Crippen LogP contribution in [0.5, 0.6) is 0 Å². The lowest BCUT2D eigenvalue weighted by atomic mass is 10.0. The molecule has 0 saturated heterocycles. The number of carbonyl (C=O) groups is 1. The zero-order valence-electron chi connectivity index (χ0n) is 13.5. The highest BCUT2D eigenvalue weighted by molar-refractivity contribution is 5.96. The molecule has 26 heavy (non-hydrogen) atoms. The second-order valence-electron chi connectivity index (χ2n) is 5.32. The number of nitrogens with zero attached hydrogens (tertiary/aromatic N) is 4. The molecule has 2 aromatic rings. The number of nitro groups is 2. The van der Waals surface area contributed by atoms with E-state index in [4.69, 9.17) is 0 Å². The van der Waals surface area contributed by atoms with Gasteiger partial charge in [-0.05, 0) is 17.7 Å². The highest BCUT2D eigenvalue weighted by Gasteiger charge is 2.29. The first-order valence-electron chi connectivity index (χ1n) is 7.26. The number of aromatic nitrogens is 2. The summed E-state index contributed by atoms with van der Waals surface area (Å²) in [5, 5.41) is 47.3. The average molecular weight is 365 g/mol. The van der Waals surface area contributed by atoms with Crippen LogP contribution in [0.2, 0.25) is 0 Å². The zero-order valence-corrected chi connectivity index (χ0v) is 13.5. The maximum atomic E-state index is 12.3. The van der Waals surface area contributed by atoms with E-state index < -0.39 is 40.2 Å². The quantitative estimate of drug-likeness (QED) is 0.456. The Morgan fingerprint density at radius 1 is 1.27 bits per heavy atom. The molecule has 12 heteroatoms. The highest BCUT2D eigenvalue weighted by Crippen LogP contribution is 2.22. The molecular weight excluding hydrogens is 350 g/mol. The predicted octanol–water partition coefficient (Wildman–Crippen LogP) is 0.0608. The lowest BCUT2D eigenvalue weighted by molar-refractivity contribution is -0.385. The largest absolute Gasteiger partial charge is 0.394 e. The van der Waals surface area contributed by atoms with Crippen molar-refractivity contribution in [1.29, 1.82) is 0 Å². The van der Waals surface area contributed by atoms with Crippen molar-refractivity contribution in [2.75, 3.05) is 6.61 Å². The minimum Gasteiger partial charge on any atom is -0.394 e. The number of hydrogen-bond donors (Lipinski definition) is 3. The van der Waals surface area contributed by atoms with E-state index in [1.807, 2.05) is 0 Å². The van der Waals surface area contributed by atoms with Gasteiger partial charge in [-0.15, -0.1) is 0 Å². The fourth-order valence-electron chi connectivity index (χ4n) is 2.31. The molecule has 0 saturated carbocycles. The Kier molecular flexibility index (Phi) is 5.59. The number of aliphatic hydroxyl groups excluding tert-OH is 2. The van der Waals surface area contributed by atoms with E-state index in [9.17, 15) is 35.2 Å². The number of rotatable bonds is 7. The Hall–Kier alpha value is -3.38.